The van der Waals surface area contributed by atoms with Crippen molar-refractivity contribution >= 4 is 44.8 Å². The van der Waals surface area contributed by atoms with Crippen molar-refractivity contribution in [1.29, 1.82) is 0 Å². The van der Waals surface area contributed by atoms with Gasteiger partial charge in [0.25, 0.3) is 11.8 Å². The molecule has 0 unspecified atom stereocenters. The summed E-state index contributed by atoms with van der Waals surface area (Å²) in [6.45, 7) is 1.67. The minimum Gasteiger partial charge on any atom is -0.497 e. The van der Waals surface area contributed by atoms with Crippen LogP contribution >= 0.6 is 0 Å². The third-order valence-electron chi connectivity index (χ3n) is 5.97. The molecule has 1 aliphatic rings. The van der Waals surface area contributed by atoms with E-state index in [4.69, 9.17) is 4.74 Å². The number of imide groups is 1. The molecule has 0 radical (unpaired) electrons. The number of fused-ring (bicyclic) bond motifs is 2. The number of ether oxygens (including phenoxy) is 1. The number of carbonyl (C=O) groups is 2. The minimum absolute atomic E-state index is 0.381. The molecule has 0 aliphatic carbocycles. The van der Waals surface area contributed by atoms with Gasteiger partial charge in [0.15, 0.2) is 0 Å². The number of nitrogens with zero attached hydrogens (tertiary/aromatic N) is 1. The summed E-state index contributed by atoms with van der Waals surface area (Å²) < 4.78 is 7.58. The smallest absolute Gasteiger partial charge is 0.259 e. The quantitative estimate of drug-likeness (QED) is 0.311. The van der Waals surface area contributed by atoms with Gasteiger partial charge in [-0.1, -0.05) is 18.2 Å². The molecular weight excluding hydrogens is 404 g/mol. The molecule has 7 heteroatoms. The summed E-state index contributed by atoms with van der Waals surface area (Å²) in [5, 5.41) is 7.46. The first kappa shape index (κ1) is 20.1. The van der Waals surface area contributed by atoms with Gasteiger partial charge in [0.05, 0.1) is 18.3 Å². The van der Waals surface area contributed by atoms with E-state index in [0.717, 1.165) is 52.4 Å². The molecule has 0 atom stereocenters. The van der Waals surface area contributed by atoms with Crippen LogP contribution in [0, 0.1) is 0 Å². The second kappa shape index (κ2) is 8.01. The molecule has 2 aromatic heterocycles. The number of hydrogen-bond acceptors (Lipinski definition) is 4. The maximum atomic E-state index is 13.0. The van der Waals surface area contributed by atoms with E-state index in [9.17, 15) is 9.59 Å². The zero-order chi connectivity index (χ0) is 22.2. The van der Waals surface area contributed by atoms with Crippen molar-refractivity contribution < 1.29 is 14.3 Å². The summed E-state index contributed by atoms with van der Waals surface area (Å²) in [7, 11) is 3.55. The lowest BCUT2D eigenvalue weighted by Crippen LogP contribution is -2.22. The van der Waals surface area contributed by atoms with E-state index in [1.807, 2.05) is 55.7 Å². The van der Waals surface area contributed by atoms with Crippen LogP contribution in [0.25, 0.3) is 33.0 Å². The number of para-hydroxylation sites is 1. The number of carbonyl (C=O) groups excluding carboxylic acids is 2. The molecule has 2 amide bonds. The van der Waals surface area contributed by atoms with Gasteiger partial charge in [0.2, 0.25) is 0 Å². The Kier molecular flexibility index (Phi) is 5.03. The molecule has 0 saturated carbocycles. The topological polar surface area (TPSA) is 88.2 Å². The Morgan fingerprint density at radius 2 is 1.78 bits per heavy atom. The molecule has 32 heavy (non-hydrogen) atoms. The van der Waals surface area contributed by atoms with Gasteiger partial charge in [-0.15, -0.1) is 0 Å². The number of rotatable bonds is 7. The molecule has 0 saturated heterocycles. The van der Waals surface area contributed by atoms with Gasteiger partial charge in [0, 0.05) is 51.9 Å². The lowest BCUT2D eigenvalue weighted by Gasteiger charge is -2.05. The average Bonchev–Trinajstić information content (AvgIpc) is 3.46. The Morgan fingerprint density at radius 3 is 2.56 bits per heavy atom. The monoisotopic (exact) mass is 428 g/mol. The van der Waals surface area contributed by atoms with Gasteiger partial charge >= 0.3 is 0 Å². The van der Waals surface area contributed by atoms with Crippen molar-refractivity contribution in [1.82, 2.24) is 20.2 Å². The molecule has 3 N–H and O–H groups in total. The number of benzene rings is 2. The fraction of sp³-hybridized carbons (Fsp3) is 0.200. The number of hydrogen-bond donors (Lipinski definition) is 3. The normalized spacial score (nSPS) is 14.1. The van der Waals surface area contributed by atoms with E-state index in [-0.39, 0.29) is 11.8 Å². The SMILES string of the molecule is CNCCCn1cc(C2=C(c3c[nH]c4ccccc34)C(=O)NC2=O)c2cc(OC)ccc21. The van der Waals surface area contributed by atoms with Crippen LogP contribution in [-0.4, -0.2) is 42.1 Å². The number of aryl methyl sites for hydroxylation is 1. The molecular formula is C25H24N4O3. The summed E-state index contributed by atoms with van der Waals surface area (Å²) >= 11 is 0. The van der Waals surface area contributed by atoms with Crippen LogP contribution in [0.3, 0.4) is 0 Å². The van der Waals surface area contributed by atoms with Crippen molar-refractivity contribution in [3.05, 3.63) is 66.0 Å². The molecule has 4 aromatic rings. The van der Waals surface area contributed by atoms with E-state index in [2.05, 4.69) is 20.2 Å². The van der Waals surface area contributed by atoms with Gasteiger partial charge in [-0.3, -0.25) is 14.9 Å². The van der Waals surface area contributed by atoms with Gasteiger partial charge in [-0.05, 0) is 44.3 Å². The van der Waals surface area contributed by atoms with Crippen molar-refractivity contribution in [2.24, 2.45) is 0 Å². The van der Waals surface area contributed by atoms with Gasteiger partial charge in [0.1, 0.15) is 5.75 Å². The average molecular weight is 428 g/mol. The van der Waals surface area contributed by atoms with Crippen molar-refractivity contribution in [2.75, 3.05) is 20.7 Å². The highest BCUT2D eigenvalue weighted by molar-refractivity contribution is 6.50. The van der Waals surface area contributed by atoms with E-state index in [0.29, 0.717) is 16.9 Å². The standard InChI is InChI=1S/C25H24N4O3/c1-26-10-5-11-29-14-19(17-12-15(32-2)8-9-21(17)29)23-22(24(30)28-25(23)31)18-13-27-20-7-4-3-6-16(18)20/h3-4,6-9,12-14,26-27H,5,10-11H2,1-2H3,(H,28,30,31). The maximum absolute atomic E-state index is 13.0. The molecule has 1 aliphatic heterocycles. The highest BCUT2D eigenvalue weighted by Crippen LogP contribution is 2.39. The fourth-order valence-electron chi connectivity index (χ4n) is 4.46. The molecule has 2 aromatic carbocycles. The van der Waals surface area contributed by atoms with Crippen LogP contribution in [0.15, 0.2) is 54.9 Å². The molecule has 3 heterocycles. The van der Waals surface area contributed by atoms with Crippen molar-refractivity contribution in [3.8, 4) is 5.75 Å². The summed E-state index contributed by atoms with van der Waals surface area (Å²) in [4.78, 5) is 29.2. The van der Waals surface area contributed by atoms with Gasteiger partial charge in [-0.2, -0.15) is 0 Å². The Morgan fingerprint density at radius 1 is 1.00 bits per heavy atom. The van der Waals surface area contributed by atoms with Crippen LogP contribution in [0.2, 0.25) is 0 Å². The number of methoxy groups -OCH3 is 1. The zero-order valence-corrected chi connectivity index (χ0v) is 18.0. The summed E-state index contributed by atoms with van der Waals surface area (Å²) in [5.74, 6) is -0.0631. The van der Waals surface area contributed by atoms with Crippen LogP contribution in [0.5, 0.6) is 5.75 Å². The molecule has 0 fully saturated rings. The van der Waals surface area contributed by atoms with Crippen molar-refractivity contribution in [2.45, 2.75) is 13.0 Å². The number of amides is 2. The lowest BCUT2D eigenvalue weighted by molar-refractivity contribution is -0.122. The Balaban J connectivity index is 1.76. The highest BCUT2D eigenvalue weighted by Gasteiger charge is 2.35. The molecule has 0 bridgehead atoms. The number of aromatic nitrogens is 2. The first-order valence-electron chi connectivity index (χ1n) is 10.6. The van der Waals surface area contributed by atoms with Crippen LogP contribution in [0.4, 0.5) is 0 Å². The van der Waals surface area contributed by atoms with Crippen LogP contribution in [0.1, 0.15) is 17.5 Å². The first-order valence-corrected chi connectivity index (χ1v) is 10.6. The summed E-state index contributed by atoms with van der Waals surface area (Å²) in [6, 6.07) is 13.6. The third kappa shape index (κ3) is 3.18. The van der Waals surface area contributed by atoms with Crippen LogP contribution < -0.4 is 15.4 Å². The highest BCUT2D eigenvalue weighted by atomic mass is 16.5. The van der Waals surface area contributed by atoms with Crippen molar-refractivity contribution in [3.63, 3.8) is 0 Å². The van der Waals surface area contributed by atoms with E-state index in [1.54, 1.807) is 13.3 Å². The lowest BCUT2D eigenvalue weighted by atomic mass is 9.95. The predicted octanol–water partition coefficient (Wildman–Crippen LogP) is 3.31. The van der Waals surface area contributed by atoms with Gasteiger partial charge < -0.3 is 19.6 Å². The van der Waals surface area contributed by atoms with Crippen LogP contribution in [-0.2, 0) is 16.1 Å². The maximum Gasteiger partial charge on any atom is 0.259 e. The molecule has 0 spiro atoms. The number of nitrogens with one attached hydrogen (secondary N) is 3. The largest absolute Gasteiger partial charge is 0.497 e. The summed E-state index contributed by atoms with van der Waals surface area (Å²) in [6.07, 6.45) is 4.71. The molecule has 5 rings (SSSR count). The molecule has 162 valence electrons. The number of aromatic amines is 1. The molecule has 7 nitrogen and oxygen atoms in total. The Bertz CT molecular complexity index is 1390. The fourth-order valence-corrected chi connectivity index (χ4v) is 4.46. The van der Waals surface area contributed by atoms with Gasteiger partial charge in [-0.25, -0.2) is 0 Å². The van der Waals surface area contributed by atoms with E-state index in [1.165, 1.54) is 0 Å². The van der Waals surface area contributed by atoms with E-state index >= 15 is 0 Å². The van der Waals surface area contributed by atoms with E-state index < -0.39 is 0 Å². The Labute approximate surface area is 185 Å². The Hall–Kier alpha value is -3.84. The second-order valence-electron chi connectivity index (χ2n) is 7.86. The second-order valence-corrected chi connectivity index (χ2v) is 7.86. The summed E-state index contributed by atoms with van der Waals surface area (Å²) in [5.41, 5.74) is 4.15. The minimum atomic E-state index is -0.382. The first-order chi connectivity index (χ1) is 15.6. The predicted molar refractivity (Wildman–Crippen MR) is 125 cm³/mol. The zero-order valence-electron chi connectivity index (χ0n) is 18.0. The third-order valence-corrected chi connectivity index (χ3v) is 5.97. The number of H-pyrrole nitrogens is 1.